The highest BCUT2D eigenvalue weighted by atomic mass is 16.3. The Morgan fingerprint density at radius 3 is 2.40 bits per heavy atom. The highest BCUT2D eigenvalue weighted by Gasteiger charge is 2.15. The van der Waals surface area contributed by atoms with E-state index in [0.29, 0.717) is 30.5 Å². The molecule has 1 aliphatic carbocycles. The van der Waals surface area contributed by atoms with Gasteiger partial charge in [0.05, 0.1) is 0 Å². The summed E-state index contributed by atoms with van der Waals surface area (Å²) in [5.41, 5.74) is 11.7. The van der Waals surface area contributed by atoms with Crippen LogP contribution in [-0.4, -0.2) is 30.6 Å². The number of hydrogen-bond acceptors (Lipinski definition) is 4. The van der Waals surface area contributed by atoms with Gasteiger partial charge in [0, 0.05) is 18.7 Å². The Labute approximate surface area is 90.0 Å². The monoisotopic (exact) mass is 210 g/mol. The molecule has 0 fully saturated rings. The smallest absolute Gasteiger partial charge is 0.148 e. The predicted octanol–water partition coefficient (Wildman–Crippen LogP) is -0.108. The van der Waals surface area contributed by atoms with Gasteiger partial charge in [-0.3, -0.25) is 4.79 Å². The van der Waals surface area contributed by atoms with Gasteiger partial charge in [0.2, 0.25) is 0 Å². The average molecular weight is 210 g/mol. The van der Waals surface area contributed by atoms with E-state index in [4.69, 9.17) is 11.5 Å². The number of rotatable bonds is 2. The number of hydrogen-bond donors (Lipinski definition) is 3. The predicted molar refractivity (Wildman–Crippen MR) is 61.2 cm³/mol. The molecule has 0 radical (unpaired) electrons. The average Bonchev–Trinajstić information content (AvgIpc) is 2.23. The van der Waals surface area contributed by atoms with E-state index in [1.807, 2.05) is 6.92 Å². The molecular formula is C11H18N2O2. The summed E-state index contributed by atoms with van der Waals surface area (Å²) in [6, 6.07) is 0. The summed E-state index contributed by atoms with van der Waals surface area (Å²) in [6.45, 7) is 6.67. The maximum atomic E-state index is 10.4. The van der Waals surface area contributed by atoms with Crippen molar-refractivity contribution in [2.45, 2.75) is 13.0 Å². The Hall–Kier alpha value is -1.23. The topological polar surface area (TPSA) is 89.3 Å². The molecule has 1 atom stereocenters. The molecule has 15 heavy (non-hydrogen) atoms. The fraction of sp³-hybridized carbons (Fsp3) is 0.364. The largest absolute Gasteiger partial charge is 0.384 e. The van der Waals surface area contributed by atoms with Crippen LogP contribution in [0.3, 0.4) is 0 Å². The summed E-state index contributed by atoms with van der Waals surface area (Å²) >= 11 is 0. The molecule has 4 nitrogen and oxygen atoms in total. The van der Waals surface area contributed by atoms with Crippen LogP contribution in [-0.2, 0) is 4.79 Å². The first-order valence-electron chi connectivity index (χ1n) is 4.68. The standard InChI is InChI=1S/C9H10O2.C2H8N2/c1-6-3-7(2)9(11)8(4-6)5-10;3-1-2-4/h3-5,9,11H,2H2,1H3;1-4H2. The fourth-order valence-corrected chi connectivity index (χ4v) is 1.07. The second-order valence-electron chi connectivity index (χ2n) is 3.21. The molecule has 0 aliphatic heterocycles. The minimum absolute atomic E-state index is 0.384. The summed E-state index contributed by atoms with van der Waals surface area (Å²) in [5, 5.41) is 9.31. The van der Waals surface area contributed by atoms with Crippen molar-refractivity contribution in [2.75, 3.05) is 13.1 Å². The first kappa shape index (κ1) is 13.8. The zero-order valence-electron chi connectivity index (χ0n) is 8.94. The van der Waals surface area contributed by atoms with Crippen LogP contribution in [0.5, 0.6) is 0 Å². The Balaban J connectivity index is 0.000000423. The fourth-order valence-electron chi connectivity index (χ4n) is 1.07. The lowest BCUT2D eigenvalue weighted by Gasteiger charge is -2.15. The number of carbonyl (C=O) groups is 1. The normalized spacial score (nSPS) is 19.7. The van der Waals surface area contributed by atoms with Crippen molar-refractivity contribution < 1.29 is 9.90 Å². The van der Waals surface area contributed by atoms with Crippen LogP contribution in [0.4, 0.5) is 0 Å². The molecule has 0 aromatic rings. The van der Waals surface area contributed by atoms with Crippen LogP contribution in [0.2, 0.25) is 0 Å². The van der Waals surface area contributed by atoms with Crippen molar-refractivity contribution >= 4 is 6.29 Å². The van der Waals surface area contributed by atoms with Gasteiger partial charge >= 0.3 is 0 Å². The summed E-state index contributed by atoms with van der Waals surface area (Å²) in [5.74, 6) is 0. The SMILES string of the molecule is C=C1C=C(C)C=C(C=O)C1O.NCCN. The molecule has 0 amide bonds. The minimum Gasteiger partial charge on any atom is -0.384 e. The van der Waals surface area contributed by atoms with Crippen molar-refractivity contribution in [1.29, 1.82) is 0 Å². The van der Waals surface area contributed by atoms with E-state index < -0.39 is 6.10 Å². The van der Waals surface area contributed by atoms with Gasteiger partial charge in [0.15, 0.2) is 0 Å². The van der Waals surface area contributed by atoms with Gasteiger partial charge in [-0.1, -0.05) is 18.2 Å². The minimum atomic E-state index is -0.809. The first-order chi connectivity index (χ1) is 7.06. The number of aliphatic hydroxyl groups is 1. The molecule has 84 valence electrons. The van der Waals surface area contributed by atoms with E-state index >= 15 is 0 Å². The lowest BCUT2D eigenvalue weighted by atomic mass is 9.95. The molecule has 0 saturated heterocycles. The van der Waals surface area contributed by atoms with Crippen LogP contribution in [0, 0.1) is 0 Å². The molecule has 0 aromatic carbocycles. The van der Waals surface area contributed by atoms with Gasteiger partial charge in [0.1, 0.15) is 12.4 Å². The highest BCUT2D eigenvalue weighted by molar-refractivity contribution is 5.78. The van der Waals surface area contributed by atoms with Crippen LogP contribution in [0.15, 0.2) is 35.5 Å². The third-order valence-electron chi connectivity index (χ3n) is 1.78. The first-order valence-corrected chi connectivity index (χ1v) is 4.68. The lowest BCUT2D eigenvalue weighted by Crippen LogP contribution is -2.15. The van der Waals surface area contributed by atoms with E-state index in [0.717, 1.165) is 5.57 Å². The lowest BCUT2D eigenvalue weighted by molar-refractivity contribution is -0.105. The molecular weight excluding hydrogens is 192 g/mol. The third kappa shape index (κ3) is 4.69. The van der Waals surface area contributed by atoms with Gasteiger partial charge in [-0.2, -0.15) is 0 Å². The van der Waals surface area contributed by atoms with E-state index in [9.17, 15) is 9.90 Å². The van der Waals surface area contributed by atoms with Crippen molar-refractivity contribution in [3.8, 4) is 0 Å². The van der Waals surface area contributed by atoms with Gasteiger partial charge in [-0.25, -0.2) is 0 Å². The molecule has 0 aromatic heterocycles. The second-order valence-corrected chi connectivity index (χ2v) is 3.21. The van der Waals surface area contributed by atoms with Crippen LogP contribution < -0.4 is 11.5 Å². The van der Waals surface area contributed by atoms with E-state index in [2.05, 4.69) is 6.58 Å². The van der Waals surface area contributed by atoms with Crippen LogP contribution in [0.25, 0.3) is 0 Å². The summed E-state index contributed by atoms with van der Waals surface area (Å²) in [4.78, 5) is 10.4. The molecule has 4 heteroatoms. The second kappa shape index (κ2) is 7.11. The van der Waals surface area contributed by atoms with E-state index in [1.54, 1.807) is 12.2 Å². The zero-order valence-corrected chi connectivity index (χ0v) is 8.94. The Bertz CT molecular complexity index is 291. The van der Waals surface area contributed by atoms with Gasteiger partial charge in [-0.05, 0) is 18.6 Å². The van der Waals surface area contributed by atoms with Crippen molar-refractivity contribution in [1.82, 2.24) is 0 Å². The summed E-state index contributed by atoms with van der Waals surface area (Å²) < 4.78 is 0. The molecule has 0 heterocycles. The Morgan fingerprint density at radius 1 is 1.47 bits per heavy atom. The molecule has 0 saturated carbocycles. The zero-order chi connectivity index (χ0) is 11.8. The molecule has 1 aliphatic rings. The van der Waals surface area contributed by atoms with Crippen molar-refractivity contribution in [3.05, 3.63) is 35.5 Å². The Kier molecular flexibility index (Phi) is 6.53. The number of aldehydes is 1. The summed E-state index contributed by atoms with van der Waals surface area (Å²) in [7, 11) is 0. The number of carbonyl (C=O) groups excluding carboxylic acids is 1. The van der Waals surface area contributed by atoms with Crippen LogP contribution >= 0.6 is 0 Å². The van der Waals surface area contributed by atoms with Gasteiger partial charge in [0.25, 0.3) is 0 Å². The van der Waals surface area contributed by atoms with E-state index in [1.165, 1.54) is 0 Å². The highest BCUT2D eigenvalue weighted by Crippen LogP contribution is 2.19. The van der Waals surface area contributed by atoms with Crippen LogP contribution in [0.1, 0.15) is 6.92 Å². The Morgan fingerprint density at radius 2 is 2.00 bits per heavy atom. The number of allylic oxidation sites excluding steroid dienone is 2. The maximum absolute atomic E-state index is 10.4. The number of nitrogens with two attached hydrogens (primary N) is 2. The van der Waals surface area contributed by atoms with Gasteiger partial charge in [-0.15, -0.1) is 0 Å². The third-order valence-corrected chi connectivity index (χ3v) is 1.78. The molecule has 1 rings (SSSR count). The molecule has 5 N–H and O–H groups in total. The molecule has 0 bridgehead atoms. The van der Waals surface area contributed by atoms with Crippen molar-refractivity contribution in [2.24, 2.45) is 11.5 Å². The quantitative estimate of drug-likeness (QED) is 0.555. The molecule has 0 spiro atoms. The molecule has 1 unspecified atom stereocenters. The summed E-state index contributed by atoms with van der Waals surface area (Å²) in [6.07, 6.45) is 3.27. The van der Waals surface area contributed by atoms with E-state index in [-0.39, 0.29) is 0 Å². The maximum Gasteiger partial charge on any atom is 0.148 e. The van der Waals surface area contributed by atoms with Gasteiger partial charge < -0.3 is 16.6 Å². The van der Waals surface area contributed by atoms with Crippen molar-refractivity contribution in [3.63, 3.8) is 0 Å². The number of aliphatic hydroxyl groups excluding tert-OH is 1.